The second-order valence-corrected chi connectivity index (χ2v) is 4.80. The Hall–Kier alpha value is -2.22. The Morgan fingerprint density at radius 3 is 2.68 bits per heavy atom. The molecule has 0 unspecified atom stereocenters. The average Bonchev–Trinajstić information content (AvgIpc) is 2.71. The maximum atomic E-state index is 11.0. The lowest BCUT2D eigenvalue weighted by molar-refractivity contribution is -0.387. The molecule has 2 rings (SSSR count). The van der Waals surface area contributed by atoms with Crippen molar-refractivity contribution in [1.82, 2.24) is 14.8 Å². The second kappa shape index (κ2) is 5.19. The first-order chi connectivity index (χ1) is 9.02. The summed E-state index contributed by atoms with van der Waals surface area (Å²) < 4.78 is 1.74. The van der Waals surface area contributed by atoms with Crippen molar-refractivity contribution in [3.63, 3.8) is 0 Å². The average molecular weight is 278 g/mol. The Bertz CT molecular complexity index is 653. The van der Waals surface area contributed by atoms with Gasteiger partial charge in [-0.2, -0.15) is 0 Å². The van der Waals surface area contributed by atoms with Crippen LogP contribution < -0.4 is 0 Å². The fraction of sp³-hybridized carbons (Fsp3) is 0.182. The number of hydrogen-bond donors (Lipinski definition) is 0. The molecule has 0 atom stereocenters. The van der Waals surface area contributed by atoms with Crippen LogP contribution in [0.25, 0.3) is 0 Å². The Morgan fingerprint density at radius 2 is 2.16 bits per heavy atom. The van der Waals surface area contributed by atoms with E-state index in [0.29, 0.717) is 16.3 Å². The van der Waals surface area contributed by atoms with Crippen molar-refractivity contribution in [3.8, 4) is 0 Å². The van der Waals surface area contributed by atoms with Gasteiger partial charge >= 0.3 is 0 Å². The predicted octanol–water partition coefficient (Wildman–Crippen LogP) is 2.00. The van der Waals surface area contributed by atoms with Crippen molar-refractivity contribution in [2.24, 2.45) is 7.05 Å². The zero-order chi connectivity index (χ0) is 14.0. The van der Waals surface area contributed by atoms with Gasteiger partial charge in [0.1, 0.15) is 12.1 Å². The standard InChI is InChI=1S/C11H10N4O3S/c1-7-12-13-11(14(7)2)19-10-4-3-8(6-16)5-9(10)15(17)18/h3-6H,1-2H3. The number of aryl methyl sites for hydroxylation is 1. The fourth-order valence-corrected chi connectivity index (χ4v) is 2.33. The molecule has 0 N–H and O–H groups in total. The Morgan fingerprint density at radius 1 is 1.42 bits per heavy atom. The number of aromatic nitrogens is 3. The summed E-state index contributed by atoms with van der Waals surface area (Å²) >= 11 is 1.14. The van der Waals surface area contributed by atoms with Crippen LogP contribution in [0.15, 0.2) is 28.3 Å². The van der Waals surface area contributed by atoms with E-state index in [0.717, 1.165) is 17.6 Å². The van der Waals surface area contributed by atoms with Crippen LogP contribution in [0.3, 0.4) is 0 Å². The molecule has 0 aliphatic heterocycles. The van der Waals surface area contributed by atoms with Gasteiger partial charge in [-0.1, -0.05) is 6.07 Å². The van der Waals surface area contributed by atoms with Crippen molar-refractivity contribution in [2.45, 2.75) is 17.0 Å². The van der Waals surface area contributed by atoms with Gasteiger partial charge in [0.05, 0.1) is 9.82 Å². The third-order valence-electron chi connectivity index (χ3n) is 2.57. The van der Waals surface area contributed by atoms with Gasteiger partial charge in [-0.3, -0.25) is 14.9 Å². The van der Waals surface area contributed by atoms with E-state index in [1.165, 1.54) is 18.2 Å². The van der Waals surface area contributed by atoms with Gasteiger partial charge in [-0.15, -0.1) is 10.2 Å². The molecule has 19 heavy (non-hydrogen) atoms. The molecule has 1 aromatic carbocycles. The van der Waals surface area contributed by atoms with Gasteiger partial charge in [0.25, 0.3) is 5.69 Å². The summed E-state index contributed by atoms with van der Waals surface area (Å²) in [6.07, 6.45) is 0.577. The zero-order valence-electron chi connectivity index (χ0n) is 10.2. The predicted molar refractivity (Wildman–Crippen MR) is 68.3 cm³/mol. The molecule has 98 valence electrons. The number of carbonyl (C=O) groups is 1. The number of aldehydes is 1. The maximum Gasteiger partial charge on any atom is 0.284 e. The van der Waals surface area contributed by atoms with E-state index >= 15 is 0 Å². The van der Waals surface area contributed by atoms with Crippen LogP contribution in [0.5, 0.6) is 0 Å². The SMILES string of the molecule is Cc1nnc(Sc2ccc(C=O)cc2[N+](=O)[O-])n1C. The lowest BCUT2D eigenvalue weighted by Crippen LogP contribution is -1.96. The van der Waals surface area contributed by atoms with Crippen molar-refractivity contribution < 1.29 is 9.72 Å². The third-order valence-corrected chi connectivity index (χ3v) is 3.67. The van der Waals surface area contributed by atoms with Crippen LogP contribution in [0.1, 0.15) is 16.2 Å². The first-order valence-corrected chi connectivity index (χ1v) is 6.12. The summed E-state index contributed by atoms with van der Waals surface area (Å²) in [5.74, 6) is 0.717. The van der Waals surface area contributed by atoms with Crippen molar-refractivity contribution in [2.75, 3.05) is 0 Å². The quantitative estimate of drug-likeness (QED) is 0.482. The molecule has 2 aromatic rings. The van der Waals surface area contributed by atoms with Crippen molar-refractivity contribution in [3.05, 3.63) is 39.7 Å². The number of nitrogens with zero attached hydrogens (tertiary/aromatic N) is 4. The van der Waals surface area contributed by atoms with E-state index in [9.17, 15) is 14.9 Å². The fourth-order valence-electron chi connectivity index (χ4n) is 1.41. The molecule has 0 saturated heterocycles. The summed E-state index contributed by atoms with van der Waals surface area (Å²) in [7, 11) is 1.78. The van der Waals surface area contributed by atoms with Gasteiger partial charge in [0, 0.05) is 18.7 Å². The normalized spacial score (nSPS) is 10.4. The molecule has 0 fully saturated rings. The van der Waals surface area contributed by atoms with Crippen LogP contribution in [-0.4, -0.2) is 26.0 Å². The molecule has 0 aliphatic carbocycles. The number of carbonyl (C=O) groups excluding carboxylic acids is 1. The number of nitro groups is 1. The lowest BCUT2D eigenvalue weighted by Gasteiger charge is -2.03. The molecule has 0 bridgehead atoms. The highest BCUT2D eigenvalue weighted by Crippen LogP contribution is 2.34. The monoisotopic (exact) mass is 278 g/mol. The van der Waals surface area contributed by atoms with Gasteiger partial charge in [0.15, 0.2) is 5.16 Å². The highest BCUT2D eigenvalue weighted by Gasteiger charge is 2.18. The topological polar surface area (TPSA) is 90.9 Å². The molecule has 0 aliphatic rings. The number of benzene rings is 1. The molecule has 8 heteroatoms. The summed E-state index contributed by atoms with van der Waals surface area (Å²) in [6, 6.07) is 4.32. The Labute approximate surface area is 112 Å². The molecule has 1 aromatic heterocycles. The summed E-state index contributed by atoms with van der Waals surface area (Å²) in [6.45, 7) is 1.79. The highest BCUT2D eigenvalue weighted by atomic mass is 32.2. The van der Waals surface area contributed by atoms with Crippen LogP contribution in [0, 0.1) is 17.0 Å². The highest BCUT2D eigenvalue weighted by molar-refractivity contribution is 7.99. The minimum atomic E-state index is -0.515. The molecule has 7 nitrogen and oxygen atoms in total. The van der Waals surface area contributed by atoms with Gasteiger partial charge in [0.2, 0.25) is 0 Å². The summed E-state index contributed by atoms with van der Waals surface area (Å²) in [4.78, 5) is 21.6. The minimum absolute atomic E-state index is 0.116. The van der Waals surface area contributed by atoms with Crippen LogP contribution in [-0.2, 0) is 7.05 Å². The largest absolute Gasteiger partial charge is 0.309 e. The van der Waals surface area contributed by atoms with Crippen LogP contribution in [0.2, 0.25) is 0 Å². The van der Waals surface area contributed by atoms with E-state index < -0.39 is 4.92 Å². The number of nitro benzene ring substituents is 1. The molecule has 0 spiro atoms. The molecule has 1 heterocycles. The smallest absolute Gasteiger partial charge is 0.284 e. The van der Waals surface area contributed by atoms with E-state index in [2.05, 4.69) is 10.2 Å². The van der Waals surface area contributed by atoms with Crippen LogP contribution in [0.4, 0.5) is 5.69 Å². The first-order valence-electron chi connectivity index (χ1n) is 5.30. The van der Waals surface area contributed by atoms with Crippen molar-refractivity contribution >= 4 is 23.7 Å². The minimum Gasteiger partial charge on any atom is -0.309 e. The molecular formula is C11H10N4O3S. The van der Waals surface area contributed by atoms with Gasteiger partial charge < -0.3 is 4.57 Å². The van der Waals surface area contributed by atoms with Gasteiger partial charge in [-0.05, 0) is 24.8 Å². The Balaban J connectivity index is 2.42. The van der Waals surface area contributed by atoms with Crippen LogP contribution >= 0.6 is 11.8 Å². The van der Waals surface area contributed by atoms with Crippen molar-refractivity contribution in [1.29, 1.82) is 0 Å². The molecule has 0 radical (unpaired) electrons. The van der Waals surface area contributed by atoms with E-state index in [4.69, 9.17) is 0 Å². The summed E-state index contributed by atoms with van der Waals surface area (Å²) in [5, 5.41) is 19.4. The molecular weight excluding hydrogens is 268 g/mol. The van der Waals surface area contributed by atoms with E-state index in [1.807, 2.05) is 0 Å². The van der Waals surface area contributed by atoms with E-state index in [1.54, 1.807) is 18.5 Å². The number of hydrogen-bond acceptors (Lipinski definition) is 6. The number of rotatable bonds is 4. The maximum absolute atomic E-state index is 11.0. The third kappa shape index (κ3) is 2.63. The Kier molecular flexibility index (Phi) is 3.61. The first kappa shape index (κ1) is 13.2. The van der Waals surface area contributed by atoms with Gasteiger partial charge in [-0.25, -0.2) is 0 Å². The lowest BCUT2D eigenvalue weighted by atomic mass is 10.2. The summed E-state index contributed by atoms with van der Waals surface area (Å²) in [5.41, 5.74) is 0.153. The molecule has 0 saturated carbocycles. The van der Waals surface area contributed by atoms with E-state index in [-0.39, 0.29) is 11.3 Å². The molecule has 0 amide bonds. The second-order valence-electron chi connectivity index (χ2n) is 3.79. The zero-order valence-corrected chi connectivity index (χ0v) is 11.0.